The highest BCUT2D eigenvalue weighted by molar-refractivity contribution is 5.90. The topological polar surface area (TPSA) is 48.5 Å². The number of urea groups is 1. The summed E-state index contributed by atoms with van der Waals surface area (Å²) in [7, 11) is 0. The number of nitrogens with zero attached hydrogens (tertiary/aromatic N) is 3. The third-order valence-electron chi connectivity index (χ3n) is 5.16. The molecule has 1 N–H and O–H groups in total. The zero-order valence-electron chi connectivity index (χ0n) is 15.5. The molecule has 138 valence electrons. The second kappa shape index (κ2) is 7.66. The highest BCUT2D eigenvalue weighted by Gasteiger charge is 2.23. The highest BCUT2D eigenvalue weighted by Crippen LogP contribution is 2.25. The number of anilines is 1. The van der Waals surface area contributed by atoms with E-state index in [-0.39, 0.29) is 12.1 Å². The number of rotatable bonds is 3. The third-order valence-corrected chi connectivity index (χ3v) is 5.16. The number of carbonyl (C=O) groups excluding carboxylic acids is 1. The molecular weight excluding hydrogens is 336 g/mol. The fourth-order valence-electron chi connectivity index (χ4n) is 3.60. The molecule has 1 aliphatic rings. The fourth-order valence-corrected chi connectivity index (χ4v) is 3.60. The number of amides is 2. The minimum absolute atomic E-state index is 0.000929. The van der Waals surface area contributed by atoms with E-state index in [0.717, 1.165) is 35.2 Å². The van der Waals surface area contributed by atoms with Crippen molar-refractivity contribution in [3.63, 3.8) is 0 Å². The molecule has 1 atom stereocenters. The normalized spacial score (nSPS) is 15.6. The molecule has 2 amide bonds. The van der Waals surface area contributed by atoms with Gasteiger partial charge < -0.3 is 15.1 Å². The Kier molecular flexibility index (Phi) is 4.92. The van der Waals surface area contributed by atoms with Crippen LogP contribution in [-0.4, -0.2) is 42.1 Å². The van der Waals surface area contributed by atoms with Crippen molar-refractivity contribution < 1.29 is 4.79 Å². The van der Waals surface area contributed by atoms with E-state index in [1.807, 2.05) is 54.4 Å². The molecule has 1 saturated heterocycles. The lowest BCUT2D eigenvalue weighted by Gasteiger charge is -2.36. The monoisotopic (exact) mass is 360 g/mol. The molecule has 0 aliphatic carbocycles. The van der Waals surface area contributed by atoms with Gasteiger partial charge >= 0.3 is 6.03 Å². The number of hydrogen-bond acceptors (Lipinski definition) is 3. The van der Waals surface area contributed by atoms with Gasteiger partial charge in [0.15, 0.2) is 0 Å². The number of fused-ring (bicyclic) bond motifs is 1. The predicted octanol–water partition coefficient (Wildman–Crippen LogP) is 3.83. The van der Waals surface area contributed by atoms with Gasteiger partial charge in [-0.15, -0.1) is 0 Å². The Labute approximate surface area is 159 Å². The molecule has 0 bridgehead atoms. The van der Waals surface area contributed by atoms with Crippen molar-refractivity contribution in [1.82, 2.24) is 15.2 Å². The molecule has 0 saturated carbocycles. The quantitative estimate of drug-likeness (QED) is 0.772. The number of piperazine rings is 1. The Morgan fingerprint density at radius 3 is 2.48 bits per heavy atom. The number of pyridine rings is 1. The zero-order valence-corrected chi connectivity index (χ0v) is 15.5. The molecule has 2 heterocycles. The van der Waals surface area contributed by atoms with Crippen molar-refractivity contribution in [2.75, 3.05) is 31.1 Å². The van der Waals surface area contributed by atoms with E-state index in [0.29, 0.717) is 13.1 Å². The first-order valence-electron chi connectivity index (χ1n) is 9.41. The van der Waals surface area contributed by atoms with E-state index < -0.39 is 0 Å². The molecule has 5 heteroatoms. The van der Waals surface area contributed by atoms with E-state index in [1.54, 1.807) is 0 Å². The van der Waals surface area contributed by atoms with Crippen molar-refractivity contribution in [2.45, 2.75) is 13.0 Å². The summed E-state index contributed by atoms with van der Waals surface area (Å²) in [6.45, 7) is 5.05. The molecule has 0 spiro atoms. The molecule has 5 nitrogen and oxygen atoms in total. The van der Waals surface area contributed by atoms with Crippen LogP contribution in [-0.2, 0) is 0 Å². The van der Waals surface area contributed by atoms with Gasteiger partial charge in [0.25, 0.3) is 0 Å². The van der Waals surface area contributed by atoms with Crippen LogP contribution < -0.4 is 10.2 Å². The number of aromatic nitrogens is 1. The lowest BCUT2D eigenvalue weighted by atomic mass is 10.1. The van der Waals surface area contributed by atoms with Gasteiger partial charge in [-0.05, 0) is 24.6 Å². The Morgan fingerprint density at radius 1 is 0.963 bits per heavy atom. The molecule has 2 aromatic carbocycles. The van der Waals surface area contributed by atoms with Crippen LogP contribution in [0.2, 0.25) is 0 Å². The first kappa shape index (κ1) is 17.3. The molecular formula is C22H24N4O. The first-order chi connectivity index (χ1) is 13.2. The Hall–Kier alpha value is -3.08. The standard InChI is InChI=1S/C22H24N4O/c1-17(18-7-3-2-4-8-18)24-22(27)26-15-13-25(14-16-26)20-11-5-9-19-10-6-12-23-21(19)20/h2-12,17H,13-16H2,1H3,(H,24,27). The fraction of sp³-hybridized carbons (Fsp3) is 0.273. The Bertz CT molecular complexity index is 915. The van der Waals surface area contributed by atoms with E-state index in [9.17, 15) is 4.79 Å². The van der Waals surface area contributed by atoms with Gasteiger partial charge in [-0.1, -0.05) is 48.5 Å². The van der Waals surface area contributed by atoms with Crippen LogP contribution in [0.4, 0.5) is 10.5 Å². The Balaban J connectivity index is 1.39. The van der Waals surface area contributed by atoms with Crippen molar-refractivity contribution in [3.8, 4) is 0 Å². The SMILES string of the molecule is CC(NC(=O)N1CCN(c2cccc3cccnc23)CC1)c1ccccc1. The third kappa shape index (κ3) is 3.72. The molecule has 3 aromatic rings. The van der Waals surface area contributed by atoms with Crippen LogP contribution in [0.15, 0.2) is 66.9 Å². The number of para-hydroxylation sites is 1. The van der Waals surface area contributed by atoms with Crippen molar-refractivity contribution in [2.24, 2.45) is 0 Å². The molecule has 1 aliphatic heterocycles. The average molecular weight is 360 g/mol. The summed E-state index contributed by atoms with van der Waals surface area (Å²) < 4.78 is 0. The lowest BCUT2D eigenvalue weighted by molar-refractivity contribution is 0.191. The smallest absolute Gasteiger partial charge is 0.317 e. The van der Waals surface area contributed by atoms with E-state index in [1.165, 1.54) is 0 Å². The summed E-state index contributed by atoms with van der Waals surface area (Å²) in [6.07, 6.45) is 1.83. The number of carbonyl (C=O) groups is 1. The first-order valence-corrected chi connectivity index (χ1v) is 9.41. The molecule has 1 aromatic heterocycles. The molecule has 1 fully saturated rings. The van der Waals surface area contributed by atoms with Crippen molar-refractivity contribution in [3.05, 3.63) is 72.4 Å². The highest BCUT2D eigenvalue weighted by atomic mass is 16.2. The van der Waals surface area contributed by atoms with Gasteiger partial charge in [0, 0.05) is 37.8 Å². The minimum Gasteiger partial charge on any atom is -0.366 e. The van der Waals surface area contributed by atoms with Gasteiger partial charge in [-0.25, -0.2) is 4.79 Å². The van der Waals surface area contributed by atoms with E-state index in [2.05, 4.69) is 39.5 Å². The summed E-state index contributed by atoms with van der Waals surface area (Å²) in [5, 5.41) is 4.25. The van der Waals surface area contributed by atoms with Crippen LogP contribution >= 0.6 is 0 Å². The number of hydrogen-bond donors (Lipinski definition) is 1. The summed E-state index contributed by atoms with van der Waals surface area (Å²) in [6, 6.07) is 20.4. The zero-order chi connectivity index (χ0) is 18.6. The summed E-state index contributed by atoms with van der Waals surface area (Å²) >= 11 is 0. The van der Waals surface area contributed by atoms with Crippen molar-refractivity contribution in [1.29, 1.82) is 0 Å². The maximum absolute atomic E-state index is 12.6. The average Bonchev–Trinajstić information content (AvgIpc) is 2.74. The molecule has 4 rings (SSSR count). The lowest BCUT2D eigenvalue weighted by Crippen LogP contribution is -2.52. The van der Waals surface area contributed by atoms with Gasteiger partial charge in [-0.3, -0.25) is 4.98 Å². The largest absolute Gasteiger partial charge is 0.366 e. The van der Waals surface area contributed by atoms with Crippen LogP contribution in [0.25, 0.3) is 10.9 Å². The second-order valence-electron chi connectivity index (χ2n) is 6.91. The van der Waals surface area contributed by atoms with Crippen LogP contribution in [0.3, 0.4) is 0 Å². The van der Waals surface area contributed by atoms with Gasteiger partial charge in [0.2, 0.25) is 0 Å². The summed E-state index contributed by atoms with van der Waals surface area (Å²) in [4.78, 5) is 21.4. The van der Waals surface area contributed by atoms with Crippen LogP contribution in [0.5, 0.6) is 0 Å². The van der Waals surface area contributed by atoms with Crippen LogP contribution in [0.1, 0.15) is 18.5 Å². The Morgan fingerprint density at radius 2 is 1.70 bits per heavy atom. The predicted molar refractivity (Wildman–Crippen MR) is 109 cm³/mol. The van der Waals surface area contributed by atoms with E-state index >= 15 is 0 Å². The number of benzene rings is 2. The summed E-state index contributed by atoms with van der Waals surface area (Å²) in [5.41, 5.74) is 3.28. The molecule has 0 radical (unpaired) electrons. The van der Waals surface area contributed by atoms with Crippen molar-refractivity contribution >= 4 is 22.6 Å². The minimum atomic E-state index is -0.000929. The van der Waals surface area contributed by atoms with Gasteiger partial charge in [0.1, 0.15) is 0 Å². The summed E-state index contributed by atoms with van der Waals surface area (Å²) in [5.74, 6) is 0. The van der Waals surface area contributed by atoms with Gasteiger partial charge in [-0.2, -0.15) is 0 Å². The maximum atomic E-state index is 12.6. The number of nitrogens with one attached hydrogen (secondary N) is 1. The molecule has 27 heavy (non-hydrogen) atoms. The van der Waals surface area contributed by atoms with Crippen LogP contribution in [0, 0.1) is 0 Å². The molecule has 1 unspecified atom stereocenters. The van der Waals surface area contributed by atoms with Gasteiger partial charge in [0.05, 0.1) is 17.2 Å². The maximum Gasteiger partial charge on any atom is 0.317 e. The van der Waals surface area contributed by atoms with E-state index in [4.69, 9.17) is 0 Å². The second-order valence-corrected chi connectivity index (χ2v) is 6.91.